The smallest absolute Gasteiger partial charge is 0.337 e. The van der Waals surface area contributed by atoms with Gasteiger partial charge in [0.25, 0.3) is 5.91 Å². The molecule has 0 saturated heterocycles. The quantitative estimate of drug-likeness (QED) is 0.361. The van der Waals surface area contributed by atoms with Gasteiger partial charge < -0.3 is 19.9 Å². The molecule has 5 rings (SSSR count). The van der Waals surface area contributed by atoms with Crippen molar-refractivity contribution in [2.24, 2.45) is 5.73 Å². The Morgan fingerprint density at radius 1 is 0.952 bits per heavy atom. The average Bonchev–Trinajstić information content (AvgIpc) is 3.01. The summed E-state index contributed by atoms with van der Waals surface area (Å²) in [6, 6.07) is 21.6. The van der Waals surface area contributed by atoms with Crippen molar-refractivity contribution in [3.05, 3.63) is 117 Å². The van der Waals surface area contributed by atoms with E-state index in [1.165, 1.54) is 32.4 Å². The SMILES string of the molecule is CCOC(=O)C1=C2SC(c3cccc(OC)c3)=CC(=O)N2C(N)=C(S(=O)(=O)c2ccccc2)C1c1cccc(OC)c1. The fourth-order valence-electron chi connectivity index (χ4n) is 4.86. The first-order valence-electron chi connectivity index (χ1n) is 12.9. The highest BCUT2D eigenvalue weighted by Gasteiger charge is 2.47. The average molecular weight is 605 g/mol. The number of thioether (sulfide) groups is 1. The number of benzene rings is 3. The lowest BCUT2D eigenvalue weighted by atomic mass is 9.88. The number of ether oxygens (including phenoxy) is 3. The summed E-state index contributed by atoms with van der Waals surface area (Å²) in [5.74, 6) is -1.86. The predicted molar refractivity (Wildman–Crippen MR) is 160 cm³/mol. The van der Waals surface area contributed by atoms with Crippen LogP contribution < -0.4 is 15.2 Å². The van der Waals surface area contributed by atoms with Gasteiger partial charge in [-0.2, -0.15) is 0 Å². The summed E-state index contributed by atoms with van der Waals surface area (Å²) in [6.45, 7) is 1.68. The Bertz CT molecular complexity index is 1760. The monoisotopic (exact) mass is 604 g/mol. The summed E-state index contributed by atoms with van der Waals surface area (Å²) >= 11 is 1.12. The summed E-state index contributed by atoms with van der Waals surface area (Å²) in [5.41, 5.74) is 7.71. The third kappa shape index (κ3) is 5.17. The third-order valence-corrected chi connectivity index (χ3v) is 9.86. The number of hydrogen-bond acceptors (Lipinski definition) is 9. The molecule has 0 radical (unpaired) electrons. The van der Waals surface area contributed by atoms with E-state index in [2.05, 4.69) is 0 Å². The molecule has 0 aliphatic carbocycles. The van der Waals surface area contributed by atoms with Crippen LogP contribution in [0.25, 0.3) is 4.91 Å². The highest BCUT2D eigenvalue weighted by molar-refractivity contribution is 8.11. The number of sulfone groups is 1. The van der Waals surface area contributed by atoms with Gasteiger partial charge in [-0.05, 0) is 54.4 Å². The maximum Gasteiger partial charge on any atom is 0.337 e. The fraction of sp³-hybridized carbons (Fsp3) is 0.161. The van der Waals surface area contributed by atoms with E-state index in [4.69, 9.17) is 19.9 Å². The number of carbonyl (C=O) groups is 2. The summed E-state index contributed by atoms with van der Waals surface area (Å²) in [4.78, 5) is 28.8. The molecule has 3 aromatic rings. The van der Waals surface area contributed by atoms with Gasteiger partial charge in [0, 0.05) is 11.0 Å². The van der Waals surface area contributed by atoms with E-state index in [-0.39, 0.29) is 32.8 Å². The molecule has 9 nitrogen and oxygen atoms in total. The van der Waals surface area contributed by atoms with Crippen molar-refractivity contribution in [1.82, 2.24) is 4.90 Å². The fourth-order valence-corrected chi connectivity index (χ4v) is 7.77. The lowest BCUT2D eigenvalue weighted by molar-refractivity contribution is -0.138. The van der Waals surface area contributed by atoms with Crippen molar-refractivity contribution in [3.63, 3.8) is 0 Å². The maximum atomic E-state index is 14.3. The topological polar surface area (TPSA) is 125 Å². The molecule has 1 atom stereocenters. The Labute approximate surface area is 248 Å². The van der Waals surface area contributed by atoms with Crippen LogP contribution >= 0.6 is 11.8 Å². The molecule has 42 heavy (non-hydrogen) atoms. The molecule has 216 valence electrons. The number of nitrogens with two attached hydrogens (primary N) is 1. The molecule has 2 aliphatic heterocycles. The van der Waals surface area contributed by atoms with Crippen LogP contribution in [0.4, 0.5) is 0 Å². The number of fused-ring (bicyclic) bond motifs is 1. The molecular weight excluding hydrogens is 576 g/mol. The van der Waals surface area contributed by atoms with Gasteiger partial charge >= 0.3 is 5.97 Å². The second-order valence-electron chi connectivity index (χ2n) is 9.23. The molecule has 0 saturated carbocycles. The number of hydrogen-bond donors (Lipinski definition) is 1. The maximum absolute atomic E-state index is 14.3. The number of esters is 1. The van der Waals surface area contributed by atoms with Crippen LogP contribution in [0.15, 0.2) is 111 Å². The number of methoxy groups -OCH3 is 2. The van der Waals surface area contributed by atoms with Gasteiger partial charge in [0.05, 0.1) is 37.2 Å². The number of rotatable bonds is 8. The van der Waals surface area contributed by atoms with Crippen LogP contribution in [0.5, 0.6) is 11.5 Å². The van der Waals surface area contributed by atoms with E-state index in [1.54, 1.807) is 67.6 Å². The van der Waals surface area contributed by atoms with Gasteiger partial charge in [0.15, 0.2) is 0 Å². The van der Waals surface area contributed by atoms with Gasteiger partial charge in [0.1, 0.15) is 27.3 Å². The Hall–Kier alpha value is -4.48. The highest BCUT2D eigenvalue weighted by atomic mass is 32.2. The van der Waals surface area contributed by atoms with Crippen molar-refractivity contribution in [3.8, 4) is 11.5 Å². The summed E-state index contributed by atoms with van der Waals surface area (Å²) in [7, 11) is -1.30. The summed E-state index contributed by atoms with van der Waals surface area (Å²) in [5, 5.41) is 0.163. The van der Waals surface area contributed by atoms with E-state index in [9.17, 15) is 18.0 Å². The van der Waals surface area contributed by atoms with Gasteiger partial charge in [-0.15, -0.1) is 0 Å². The second kappa shape index (κ2) is 11.8. The normalized spacial score (nSPS) is 17.0. The Morgan fingerprint density at radius 3 is 2.29 bits per heavy atom. The zero-order chi connectivity index (χ0) is 30.0. The highest BCUT2D eigenvalue weighted by Crippen LogP contribution is 2.52. The first-order chi connectivity index (χ1) is 20.2. The van der Waals surface area contributed by atoms with Crippen LogP contribution in [0.3, 0.4) is 0 Å². The molecule has 0 aromatic heterocycles. The van der Waals surface area contributed by atoms with Crippen molar-refractivity contribution in [1.29, 1.82) is 0 Å². The number of nitrogens with zero attached hydrogens (tertiary/aromatic N) is 1. The standard InChI is InChI=1S/C31H28N2O7S2/c1-4-40-31(35)27-26(20-11-9-13-22(17-20)39-3)28(42(36,37)23-14-6-5-7-15-23)29(32)33-25(34)18-24(41-30(27)33)19-10-8-12-21(16-19)38-2/h5-18,26H,4,32H2,1-3H3. The molecule has 2 aliphatic rings. The number of allylic oxidation sites excluding steroid dienone is 1. The molecule has 1 unspecified atom stereocenters. The van der Waals surface area contributed by atoms with Crippen LogP contribution in [0.1, 0.15) is 24.0 Å². The molecular formula is C31H28N2O7S2. The van der Waals surface area contributed by atoms with Crippen molar-refractivity contribution < 1.29 is 32.2 Å². The molecule has 0 fully saturated rings. The van der Waals surface area contributed by atoms with Crippen molar-refractivity contribution >= 4 is 38.4 Å². The first kappa shape index (κ1) is 29.0. The van der Waals surface area contributed by atoms with Gasteiger partial charge in [-0.3, -0.25) is 9.69 Å². The van der Waals surface area contributed by atoms with Gasteiger partial charge in [-0.25, -0.2) is 13.2 Å². The molecule has 2 N–H and O–H groups in total. The molecule has 0 spiro atoms. The largest absolute Gasteiger partial charge is 0.497 e. The molecule has 11 heteroatoms. The van der Waals surface area contributed by atoms with E-state index >= 15 is 0 Å². The minimum Gasteiger partial charge on any atom is -0.497 e. The van der Waals surface area contributed by atoms with Crippen molar-refractivity contribution in [2.75, 3.05) is 20.8 Å². The molecule has 0 bridgehead atoms. The number of carbonyl (C=O) groups excluding carboxylic acids is 2. The molecule has 2 heterocycles. The molecule has 1 amide bonds. The molecule has 3 aromatic carbocycles. The van der Waals surface area contributed by atoms with Crippen LogP contribution in [0, 0.1) is 0 Å². The Morgan fingerprint density at radius 2 is 1.62 bits per heavy atom. The zero-order valence-corrected chi connectivity index (χ0v) is 24.7. The summed E-state index contributed by atoms with van der Waals surface area (Å²) in [6.07, 6.45) is 1.36. The van der Waals surface area contributed by atoms with E-state index in [0.717, 1.165) is 16.7 Å². The van der Waals surface area contributed by atoms with E-state index < -0.39 is 27.6 Å². The Balaban J connectivity index is 1.82. The third-order valence-electron chi connectivity index (χ3n) is 6.78. The minimum atomic E-state index is -4.33. The minimum absolute atomic E-state index is 0.0254. The van der Waals surface area contributed by atoms with E-state index in [1.807, 2.05) is 6.07 Å². The number of amides is 1. The predicted octanol–water partition coefficient (Wildman–Crippen LogP) is 4.79. The zero-order valence-electron chi connectivity index (χ0n) is 23.1. The van der Waals surface area contributed by atoms with Crippen LogP contribution in [-0.2, 0) is 24.2 Å². The lowest BCUT2D eigenvalue weighted by Crippen LogP contribution is -2.42. The lowest BCUT2D eigenvalue weighted by Gasteiger charge is -2.38. The second-order valence-corrected chi connectivity index (χ2v) is 12.2. The van der Waals surface area contributed by atoms with Gasteiger partial charge in [-0.1, -0.05) is 54.2 Å². The van der Waals surface area contributed by atoms with Crippen LogP contribution in [-0.4, -0.2) is 46.0 Å². The Kier molecular flexibility index (Phi) is 8.15. The van der Waals surface area contributed by atoms with E-state index in [0.29, 0.717) is 27.5 Å². The van der Waals surface area contributed by atoms with Gasteiger partial charge in [0.2, 0.25) is 9.84 Å². The first-order valence-corrected chi connectivity index (χ1v) is 15.2. The van der Waals surface area contributed by atoms with Crippen LogP contribution in [0.2, 0.25) is 0 Å². The summed E-state index contributed by atoms with van der Waals surface area (Å²) < 4.78 is 44.8. The van der Waals surface area contributed by atoms with Crippen molar-refractivity contribution in [2.45, 2.75) is 17.7 Å².